The van der Waals surface area contributed by atoms with Gasteiger partial charge >= 0.3 is 0 Å². The summed E-state index contributed by atoms with van der Waals surface area (Å²) in [6.07, 6.45) is 11.3. The number of carbonyl (C=O) groups excluding carboxylic acids is 2. The second-order valence-corrected chi connectivity index (χ2v) is 7.22. The second-order valence-electron chi connectivity index (χ2n) is 7.22. The zero-order chi connectivity index (χ0) is 16.0. The summed E-state index contributed by atoms with van der Waals surface area (Å²) in [6.45, 7) is 0. The minimum atomic E-state index is -1.08. The molecule has 2 aliphatic carbocycles. The highest BCUT2D eigenvalue weighted by Gasteiger charge is 2.46. The summed E-state index contributed by atoms with van der Waals surface area (Å²) in [5, 5.41) is 23.0. The third-order valence-electron chi connectivity index (χ3n) is 6.02. The molecule has 22 heavy (non-hydrogen) atoms. The van der Waals surface area contributed by atoms with Gasteiger partial charge in [0, 0.05) is 17.4 Å². The Morgan fingerprint density at radius 2 is 1.27 bits per heavy atom. The minimum absolute atomic E-state index is 0.0472. The van der Waals surface area contributed by atoms with Gasteiger partial charge in [-0.3, -0.25) is 0 Å². The third-order valence-corrected chi connectivity index (χ3v) is 6.02. The van der Waals surface area contributed by atoms with Crippen molar-refractivity contribution in [1.82, 2.24) is 0 Å². The lowest BCUT2D eigenvalue weighted by atomic mass is 9.57. The van der Waals surface area contributed by atoms with E-state index in [1.807, 2.05) is 0 Å². The monoisotopic (exact) mass is 308 g/mol. The maximum atomic E-state index is 12.2. The molecule has 0 aliphatic heterocycles. The van der Waals surface area contributed by atoms with Crippen LogP contribution in [0.25, 0.3) is 0 Å². The van der Waals surface area contributed by atoms with Crippen molar-refractivity contribution in [3.8, 4) is 0 Å². The number of hydrogen-bond acceptors (Lipinski definition) is 4. The van der Waals surface area contributed by atoms with Crippen molar-refractivity contribution in [2.75, 3.05) is 0 Å². The van der Waals surface area contributed by atoms with E-state index < -0.39 is 17.4 Å². The molecule has 0 aromatic heterocycles. The molecule has 0 bridgehead atoms. The normalized spacial score (nSPS) is 21.6. The average molecular weight is 308 g/mol. The van der Waals surface area contributed by atoms with Gasteiger partial charge in [0.25, 0.3) is 0 Å². The van der Waals surface area contributed by atoms with Crippen LogP contribution in [0.3, 0.4) is 0 Å². The van der Waals surface area contributed by atoms with Gasteiger partial charge in [-0.2, -0.15) is 0 Å². The Hall–Kier alpha value is -1.06. The van der Waals surface area contributed by atoms with Gasteiger partial charge < -0.3 is 19.8 Å². The summed E-state index contributed by atoms with van der Waals surface area (Å²) in [4.78, 5) is 23.0. The number of rotatable bonds is 7. The largest absolute Gasteiger partial charge is 0.550 e. The maximum absolute atomic E-state index is 12.2. The van der Waals surface area contributed by atoms with Gasteiger partial charge in [0.05, 0.1) is 0 Å². The summed E-state index contributed by atoms with van der Waals surface area (Å²) in [5.74, 6) is -1.68. The van der Waals surface area contributed by atoms with Crippen molar-refractivity contribution in [2.24, 2.45) is 17.3 Å². The van der Waals surface area contributed by atoms with Gasteiger partial charge in [-0.05, 0) is 56.8 Å². The van der Waals surface area contributed by atoms with Gasteiger partial charge in [-0.15, -0.1) is 0 Å². The quantitative estimate of drug-likeness (QED) is 0.718. The van der Waals surface area contributed by atoms with Crippen LogP contribution in [0, 0.1) is 17.3 Å². The summed E-state index contributed by atoms with van der Waals surface area (Å²) < 4.78 is 0. The van der Waals surface area contributed by atoms with Crippen molar-refractivity contribution >= 4 is 11.9 Å². The molecular weight excluding hydrogens is 280 g/mol. The van der Waals surface area contributed by atoms with Gasteiger partial charge in [0.2, 0.25) is 0 Å². The van der Waals surface area contributed by atoms with Crippen LogP contribution in [0.5, 0.6) is 0 Å². The van der Waals surface area contributed by atoms with Crippen LogP contribution in [-0.2, 0) is 9.59 Å². The molecule has 126 valence electrons. The molecule has 2 rings (SSSR count). The minimum Gasteiger partial charge on any atom is -0.550 e. The lowest BCUT2D eigenvalue weighted by molar-refractivity contribution is -0.328. The number of carbonyl (C=O) groups is 2. The Kier molecular flexibility index (Phi) is 6.27. The third kappa shape index (κ3) is 3.82. The maximum Gasteiger partial charge on any atom is 0.0481 e. The SMILES string of the molecule is O=C([O-])CCCC(C(=O)[O-])(C1CCCCC1)C1CCCCC1. The summed E-state index contributed by atoms with van der Waals surface area (Å²) in [6, 6.07) is 0. The molecule has 2 fully saturated rings. The molecule has 0 radical (unpaired) electrons. The zero-order valence-electron chi connectivity index (χ0n) is 13.5. The standard InChI is InChI=1S/C18H30O4/c19-16(20)12-7-13-18(17(21)22,14-8-3-1-4-9-14)15-10-5-2-6-11-15/h14-15H,1-13H2,(H,19,20)(H,21,22)/p-2. The first-order valence-corrected chi connectivity index (χ1v) is 8.98. The van der Waals surface area contributed by atoms with Crippen LogP contribution in [0.1, 0.15) is 83.5 Å². The van der Waals surface area contributed by atoms with E-state index in [-0.39, 0.29) is 18.3 Å². The lowest BCUT2D eigenvalue weighted by Gasteiger charge is -2.50. The summed E-state index contributed by atoms with van der Waals surface area (Å²) in [5.41, 5.74) is -0.809. The first-order valence-electron chi connectivity index (χ1n) is 8.98. The number of aliphatic carboxylic acids is 2. The van der Waals surface area contributed by atoms with Crippen molar-refractivity contribution in [3.63, 3.8) is 0 Å². The van der Waals surface area contributed by atoms with Crippen LogP contribution >= 0.6 is 0 Å². The van der Waals surface area contributed by atoms with Crippen LogP contribution < -0.4 is 10.2 Å². The van der Waals surface area contributed by atoms with Crippen LogP contribution in [0.4, 0.5) is 0 Å². The van der Waals surface area contributed by atoms with E-state index in [2.05, 4.69) is 0 Å². The number of carboxylic acid groups (broad SMARTS) is 2. The number of carboxylic acids is 2. The Labute approximate surface area is 133 Å². The first-order chi connectivity index (χ1) is 10.6. The topological polar surface area (TPSA) is 80.3 Å². The van der Waals surface area contributed by atoms with E-state index in [1.165, 1.54) is 12.8 Å². The fourth-order valence-corrected chi connectivity index (χ4v) is 4.94. The Morgan fingerprint density at radius 1 is 0.818 bits per heavy atom. The molecule has 0 saturated heterocycles. The molecule has 0 amide bonds. The molecule has 0 atom stereocenters. The van der Waals surface area contributed by atoms with Crippen LogP contribution in [0.15, 0.2) is 0 Å². The Morgan fingerprint density at radius 3 is 1.64 bits per heavy atom. The molecule has 0 spiro atoms. The molecule has 4 nitrogen and oxygen atoms in total. The first kappa shape index (κ1) is 17.3. The molecule has 2 saturated carbocycles. The lowest BCUT2D eigenvalue weighted by Crippen LogP contribution is -2.53. The van der Waals surface area contributed by atoms with E-state index in [0.29, 0.717) is 12.8 Å². The van der Waals surface area contributed by atoms with Gasteiger partial charge in [-0.25, -0.2) is 0 Å². The van der Waals surface area contributed by atoms with Crippen LogP contribution in [0.2, 0.25) is 0 Å². The number of hydrogen-bond donors (Lipinski definition) is 0. The highest BCUT2D eigenvalue weighted by atomic mass is 16.4. The van der Waals surface area contributed by atoms with E-state index in [1.54, 1.807) is 0 Å². The Bertz CT molecular complexity index is 361. The average Bonchev–Trinajstić information content (AvgIpc) is 2.53. The molecule has 4 heteroatoms. The smallest absolute Gasteiger partial charge is 0.0481 e. The molecule has 0 N–H and O–H groups in total. The molecule has 0 aromatic rings. The van der Waals surface area contributed by atoms with Crippen LogP contribution in [-0.4, -0.2) is 11.9 Å². The second kappa shape index (κ2) is 7.98. The van der Waals surface area contributed by atoms with Gasteiger partial charge in [0.1, 0.15) is 0 Å². The van der Waals surface area contributed by atoms with E-state index in [9.17, 15) is 19.8 Å². The molecule has 0 heterocycles. The van der Waals surface area contributed by atoms with Crippen molar-refractivity contribution in [1.29, 1.82) is 0 Å². The fraction of sp³-hybridized carbons (Fsp3) is 0.889. The Balaban J connectivity index is 2.21. The predicted octanol–water partition coefficient (Wildman–Crippen LogP) is 1.80. The van der Waals surface area contributed by atoms with Crippen molar-refractivity contribution in [2.45, 2.75) is 83.5 Å². The highest BCUT2D eigenvalue weighted by Crippen LogP contribution is 2.51. The summed E-state index contributed by atoms with van der Waals surface area (Å²) >= 11 is 0. The molecule has 2 aliphatic rings. The zero-order valence-corrected chi connectivity index (χ0v) is 13.5. The summed E-state index contributed by atoms with van der Waals surface area (Å²) in [7, 11) is 0. The molecular formula is C18H28O4-2. The van der Waals surface area contributed by atoms with Crippen molar-refractivity contribution in [3.05, 3.63) is 0 Å². The van der Waals surface area contributed by atoms with E-state index in [4.69, 9.17) is 0 Å². The van der Waals surface area contributed by atoms with Gasteiger partial charge in [-0.1, -0.05) is 38.5 Å². The van der Waals surface area contributed by atoms with E-state index in [0.717, 1.165) is 51.4 Å². The van der Waals surface area contributed by atoms with E-state index >= 15 is 0 Å². The highest BCUT2D eigenvalue weighted by molar-refractivity contribution is 5.73. The predicted molar refractivity (Wildman–Crippen MR) is 79.4 cm³/mol. The van der Waals surface area contributed by atoms with Crippen molar-refractivity contribution < 1.29 is 19.8 Å². The fourth-order valence-electron chi connectivity index (χ4n) is 4.94. The van der Waals surface area contributed by atoms with Gasteiger partial charge in [0.15, 0.2) is 0 Å². The molecule has 0 aromatic carbocycles. The molecule has 0 unspecified atom stereocenters.